The molecule has 0 saturated carbocycles. The number of alkyl halides is 3. The Morgan fingerprint density at radius 2 is 1.90 bits per heavy atom. The van der Waals surface area contributed by atoms with Crippen LogP contribution in [0.25, 0.3) is 0 Å². The molecule has 0 aliphatic rings. The van der Waals surface area contributed by atoms with Crippen LogP contribution in [0.15, 0.2) is 22.7 Å². The average molecular weight is 353 g/mol. The van der Waals surface area contributed by atoms with Crippen molar-refractivity contribution in [3.8, 4) is 0 Å². The highest BCUT2D eigenvalue weighted by Gasteiger charge is 2.35. The first-order chi connectivity index (χ1) is 9.25. The van der Waals surface area contributed by atoms with Gasteiger partial charge in [0.25, 0.3) is 0 Å². The number of rotatable bonds is 5. The lowest BCUT2D eigenvalue weighted by atomic mass is 9.99. The molecule has 1 aromatic carbocycles. The minimum atomic E-state index is -4.60. The lowest BCUT2D eigenvalue weighted by molar-refractivity contribution is -0.141. The van der Waals surface area contributed by atoms with Gasteiger partial charge in [-0.15, -0.1) is 0 Å². The summed E-state index contributed by atoms with van der Waals surface area (Å²) in [6.45, 7) is 0. The van der Waals surface area contributed by atoms with Crippen LogP contribution >= 0.6 is 15.9 Å². The highest BCUT2D eigenvalue weighted by Crippen LogP contribution is 2.34. The van der Waals surface area contributed by atoms with Gasteiger partial charge in [0.15, 0.2) is 5.78 Å². The van der Waals surface area contributed by atoms with Crippen molar-refractivity contribution in [2.75, 3.05) is 7.11 Å². The molecular weight excluding hydrogens is 341 g/mol. The third-order valence-corrected chi connectivity index (χ3v) is 3.09. The molecule has 0 N–H and O–H groups in total. The fraction of sp³-hybridized carbons (Fsp3) is 0.385. The molecule has 0 unspecified atom stereocenters. The van der Waals surface area contributed by atoms with E-state index >= 15 is 0 Å². The second kappa shape index (κ2) is 6.88. The Kier molecular flexibility index (Phi) is 5.74. The van der Waals surface area contributed by atoms with Gasteiger partial charge in [-0.2, -0.15) is 13.2 Å². The number of Topliss-reactive ketones (excluding diaryl/α,β-unsaturated/α-hetero) is 1. The zero-order chi connectivity index (χ0) is 15.3. The van der Waals surface area contributed by atoms with Crippen LogP contribution in [-0.4, -0.2) is 18.9 Å². The van der Waals surface area contributed by atoms with Crippen LogP contribution in [0.3, 0.4) is 0 Å². The minimum absolute atomic E-state index is 0.000118. The molecule has 1 aromatic rings. The predicted molar refractivity (Wildman–Crippen MR) is 69.3 cm³/mol. The normalized spacial score (nSPS) is 11.2. The van der Waals surface area contributed by atoms with Crippen LogP contribution < -0.4 is 0 Å². The number of methoxy groups -OCH3 is 1. The van der Waals surface area contributed by atoms with Gasteiger partial charge in [0, 0.05) is 22.9 Å². The molecule has 0 saturated heterocycles. The first kappa shape index (κ1) is 16.7. The van der Waals surface area contributed by atoms with Crippen molar-refractivity contribution >= 4 is 27.7 Å². The number of benzene rings is 1. The Labute approximate surface area is 122 Å². The Morgan fingerprint density at radius 1 is 1.25 bits per heavy atom. The topological polar surface area (TPSA) is 43.4 Å². The van der Waals surface area contributed by atoms with Crippen LogP contribution in [-0.2, 0) is 15.7 Å². The molecule has 0 fully saturated rings. The largest absolute Gasteiger partial charge is 0.469 e. The number of hydrogen-bond donors (Lipinski definition) is 0. The van der Waals surface area contributed by atoms with Gasteiger partial charge >= 0.3 is 12.1 Å². The number of esters is 1. The summed E-state index contributed by atoms with van der Waals surface area (Å²) in [6, 6.07) is 3.38. The fourth-order valence-corrected chi connectivity index (χ4v) is 1.99. The lowest BCUT2D eigenvalue weighted by Gasteiger charge is -2.12. The molecule has 0 heterocycles. The van der Waals surface area contributed by atoms with Gasteiger partial charge in [-0.25, -0.2) is 0 Å². The molecule has 20 heavy (non-hydrogen) atoms. The number of carbonyl (C=O) groups excluding carboxylic acids is 2. The van der Waals surface area contributed by atoms with Crippen molar-refractivity contribution in [2.45, 2.75) is 25.4 Å². The van der Waals surface area contributed by atoms with Gasteiger partial charge < -0.3 is 4.74 Å². The standard InChI is InChI=1S/C13H12BrF3O3/c1-20-12(19)4-2-3-11(18)9-6-5-8(14)7-10(9)13(15,16)17/h5-7H,2-4H2,1H3. The zero-order valence-electron chi connectivity index (χ0n) is 10.6. The van der Waals surface area contributed by atoms with E-state index in [9.17, 15) is 22.8 Å². The van der Waals surface area contributed by atoms with Gasteiger partial charge in [-0.3, -0.25) is 9.59 Å². The fourth-order valence-electron chi connectivity index (χ4n) is 1.62. The highest BCUT2D eigenvalue weighted by atomic mass is 79.9. The maximum atomic E-state index is 12.8. The van der Waals surface area contributed by atoms with E-state index in [1.54, 1.807) is 0 Å². The SMILES string of the molecule is COC(=O)CCCC(=O)c1ccc(Br)cc1C(F)(F)F. The molecule has 0 spiro atoms. The minimum Gasteiger partial charge on any atom is -0.469 e. The molecular formula is C13H12BrF3O3. The van der Waals surface area contributed by atoms with E-state index in [-0.39, 0.29) is 29.3 Å². The molecule has 7 heteroatoms. The van der Waals surface area contributed by atoms with E-state index in [1.807, 2.05) is 0 Å². The maximum Gasteiger partial charge on any atom is 0.417 e. The van der Waals surface area contributed by atoms with E-state index in [0.717, 1.165) is 12.1 Å². The number of ether oxygens (including phenoxy) is 1. The monoisotopic (exact) mass is 352 g/mol. The van der Waals surface area contributed by atoms with Gasteiger partial charge in [0.05, 0.1) is 12.7 Å². The van der Waals surface area contributed by atoms with Crippen molar-refractivity contribution in [1.29, 1.82) is 0 Å². The van der Waals surface area contributed by atoms with Gasteiger partial charge in [-0.05, 0) is 24.6 Å². The number of hydrogen-bond acceptors (Lipinski definition) is 3. The van der Waals surface area contributed by atoms with Crippen LogP contribution in [0.5, 0.6) is 0 Å². The molecule has 0 aliphatic carbocycles. The summed E-state index contributed by atoms with van der Waals surface area (Å²) < 4.78 is 43.2. The third kappa shape index (κ3) is 4.63. The maximum absolute atomic E-state index is 12.8. The van der Waals surface area contributed by atoms with Gasteiger partial charge in [-0.1, -0.05) is 15.9 Å². The van der Waals surface area contributed by atoms with Gasteiger partial charge in [0.2, 0.25) is 0 Å². The van der Waals surface area contributed by atoms with E-state index < -0.39 is 23.5 Å². The third-order valence-electron chi connectivity index (χ3n) is 2.60. The van der Waals surface area contributed by atoms with E-state index in [1.165, 1.54) is 13.2 Å². The van der Waals surface area contributed by atoms with E-state index in [0.29, 0.717) is 0 Å². The second-order valence-corrected chi connectivity index (χ2v) is 4.96. The first-order valence-electron chi connectivity index (χ1n) is 5.72. The number of halogens is 4. The molecule has 0 aromatic heterocycles. The average Bonchev–Trinajstić information content (AvgIpc) is 2.37. The summed E-state index contributed by atoms with van der Waals surface area (Å²) in [4.78, 5) is 22.7. The zero-order valence-corrected chi connectivity index (χ0v) is 12.2. The molecule has 110 valence electrons. The molecule has 0 bridgehead atoms. The quantitative estimate of drug-likeness (QED) is 0.594. The van der Waals surface area contributed by atoms with Crippen molar-refractivity contribution in [2.24, 2.45) is 0 Å². The van der Waals surface area contributed by atoms with Crippen molar-refractivity contribution in [3.63, 3.8) is 0 Å². The van der Waals surface area contributed by atoms with Crippen molar-refractivity contribution in [3.05, 3.63) is 33.8 Å². The molecule has 0 atom stereocenters. The second-order valence-electron chi connectivity index (χ2n) is 4.04. The Morgan fingerprint density at radius 3 is 2.45 bits per heavy atom. The van der Waals surface area contributed by atoms with Crippen molar-refractivity contribution < 1.29 is 27.5 Å². The Balaban J connectivity index is 2.85. The van der Waals surface area contributed by atoms with Gasteiger partial charge in [0.1, 0.15) is 0 Å². The van der Waals surface area contributed by atoms with E-state index in [4.69, 9.17) is 0 Å². The van der Waals surface area contributed by atoms with Crippen LogP contribution in [0, 0.1) is 0 Å². The number of ketones is 1. The molecule has 1 rings (SSSR count). The molecule has 3 nitrogen and oxygen atoms in total. The summed E-state index contributed by atoms with van der Waals surface area (Å²) in [5.74, 6) is -1.14. The van der Waals surface area contributed by atoms with Crippen LogP contribution in [0.2, 0.25) is 0 Å². The van der Waals surface area contributed by atoms with Crippen LogP contribution in [0.1, 0.15) is 35.2 Å². The van der Waals surface area contributed by atoms with Crippen molar-refractivity contribution in [1.82, 2.24) is 0 Å². The summed E-state index contributed by atoms with van der Waals surface area (Å²) in [7, 11) is 1.21. The smallest absolute Gasteiger partial charge is 0.417 e. The summed E-state index contributed by atoms with van der Waals surface area (Å²) in [5.41, 5.74) is -1.36. The molecule has 0 radical (unpaired) electrons. The van der Waals surface area contributed by atoms with Crippen LogP contribution in [0.4, 0.5) is 13.2 Å². The lowest BCUT2D eigenvalue weighted by Crippen LogP contribution is -2.13. The predicted octanol–water partition coefficient (Wildman–Crippen LogP) is 3.99. The highest BCUT2D eigenvalue weighted by molar-refractivity contribution is 9.10. The molecule has 0 amide bonds. The summed E-state index contributed by atoms with van der Waals surface area (Å²) >= 11 is 2.95. The Hall–Kier alpha value is -1.37. The first-order valence-corrected chi connectivity index (χ1v) is 6.51. The summed E-state index contributed by atoms with van der Waals surface area (Å²) in [5, 5.41) is 0. The molecule has 0 aliphatic heterocycles. The van der Waals surface area contributed by atoms with E-state index in [2.05, 4.69) is 20.7 Å². The summed E-state index contributed by atoms with van der Waals surface area (Å²) in [6.07, 6.45) is -4.59. The Bertz CT molecular complexity index is 512. The number of carbonyl (C=O) groups is 2.